The molecule has 0 saturated carbocycles. The smallest absolute Gasteiger partial charge is 0.326 e. The van der Waals surface area contributed by atoms with Gasteiger partial charge in [-0.05, 0) is 12.0 Å². The van der Waals surface area contributed by atoms with Crippen molar-refractivity contribution in [1.29, 1.82) is 0 Å². The van der Waals surface area contributed by atoms with E-state index in [0.29, 0.717) is 5.75 Å². The lowest BCUT2D eigenvalue weighted by Crippen LogP contribution is -2.43. The largest absolute Gasteiger partial charge is 0.480 e. The second-order valence-electron chi connectivity index (χ2n) is 6.83. The van der Waals surface area contributed by atoms with Crippen molar-refractivity contribution >= 4 is 51.3 Å². The van der Waals surface area contributed by atoms with Gasteiger partial charge in [0.15, 0.2) is 0 Å². The second kappa shape index (κ2) is 12.2. The van der Waals surface area contributed by atoms with Gasteiger partial charge in [0.25, 0.3) is 5.24 Å². The van der Waals surface area contributed by atoms with Gasteiger partial charge in [-0.25, -0.2) is 4.79 Å². The van der Waals surface area contributed by atoms with Gasteiger partial charge in [0.05, 0.1) is 6.29 Å². The highest BCUT2D eigenvalue weighted by molar-refractivity contribution is 8.90. The van der Waals surface area contributed by atoms with Crippen molar-refractivity contribution in [2.75, 3.05) is 6.29 Å². The van der Waals surface area contributed by atoms with E-state index in [1.165, 1.54) is 27.7 Å². The number of carboxylic acid groups (broad SMARTS) is 1. The monoisotopic (exact) mass is 463 g/mol. The standard InChI is InChI=1S/C19H30NO4PS3/c1-6-17(18(21)22)20(13-25(24,27-14(2)3)28-15(4)5)19(23)26-12-16-10-8-7-9-11-16/h7-11,14-15,17H,6,12-13H2,1-5H3,(H,21,22). The van der Waals surface area contributed by atoms with Crippen LogP contribution in [0.2, 0.25) is 0 Å². The average molecular weight is 464 g/mol. The van der Waals surface area contributed by atoms with Crippen LogP contribution in [0.4, 0.5) is 4.79 Å². The van der Waals surface area contributed by atoms with E-state index in [0.717, 1.165) is 17.3 Å². The number of amides is 1. The van der Waals surface area contributed by atoms with Gasteiger partial charge in [-0.3, -0.25) is 9.36 Å². The molecule has 0 bridgehead atoms. The van der Waals surface area contributed by atoms with E-state index in [2.05, 4.69) is 0 Å². The van der Waals surface area contributed by atoms with Crippen LogP contribution in [-0.2, 0) is 15.1 Å². The summed E-state index contributed by atoms with van der Waals surface area (Å²) in [6.45, 7) is 9.58. The number of benzene rings is 1. The molecule has 0 heterocycles. The minimum absolute atomic E-state index is 0.0376. The van der Waals surface area contributed by atoms with Crippen molar-refractivity contribution < 1.29 is 19.3 Å². The van der Waals surface area contributed by atoms with Crippen LogP contribution in [0.15, 0.2) is 30.3 Å². The summed E-state index contributed by atoms with van der Waals surface area (Å²) >= 11 is 3.77. The Bertz CT molecular complexity index is 671. The first-order chi connectivity index (χ1) is 13.1. The minimum atomic E-state index is -2.88. The molecule has 0 aromatic heterocycles. The molecule has 1 aromatic carbocycles. The Morgan fingerprint density at radius 2 is 1.61 bits per heavy atom. The molecule has 9 heteroatoms. The summed E-state index contributed by atoms with van der Waals surface area (Å²) in [6.07, 6.45) is 0.232. The lowest BCUT2D eigenvalue weighted by Gasteiger charge is -2.32. The van der Waals surface area contributed by atoms with E-state index in [9.17, 15) is 19.3 Å². The minimum Gasteiger partial charge on any atom is -0.480 e. The summed E-state index contributed by atoms with van der Waals surface area (Å²) < 4.78 is 13.6. The number of hydrogen-bond donors (Lipinski definition) is 1. The van der Waals surface area contributed by atoms with Crippen LogP contribution >= 0.6 is 40.1 Å². The fourth-order valence-corrected chi connectivity index (χ4v) is 14.3. The Morgan fingerprint density at radius 3 is 2.04 bits per heavy atom. The van der Waals surface area contributed by atoms with E-state index in [1.54, 1.807) is 6.92 Å². The van der Waals surface area contributed by atoms with Crippen LogP contribution < -0.4 is 0 Å². The van der Waals surface area contributed by atoms with Crippen LogP contribution in [0.25, 0.3) is 0 Å². The van der Waals surface area contributed by atoms with Crippen molar-refractivity contribution in [3.8, 4) is 0 Å². The van der Waals surface area contributed by atoms with Gasteiger partial charge in [-0.1, -0.05) is 99.5 Å². The zero-order valence-electron chi connectivity index (χ0n) is 17.0. The van der Waals surface area contributed by atoms with Crippen molar-refractivity contribution in [3.05, 3.63) is 35.9 Å². The number of carboxylic acids is 1. The Balaban J connectivity index is 3.06. The molecule has 158 valence electrons. The normalized spacial score (nSPS) is 13.0. The maximum absolute atomic E-state index is 13.6. The molecule has 1 amide bonds. The Hall–Kier alpha value is -0.560. The van der Waals surface area contributed by atoms with Crippen molar-refractivity contribution in [2.24, 2.45) is 0 Å². The molecule has 0 fully saturated rings. The first-order valence-corrected chi connectivity index (χ1v) is 15.1. The number of nitrogens with zero attached hydrogens (tertiary/aromatic N) is 1. The van der Waals surface area contributed by atoms with E-state index in [-0.39, 0.29) is 28.4 Å². The molecule has 0 saturated heterocycles. The third-order valence-corrected chi connectivity index (χ3v) is 13.4. The lowest BCUT2D eigenvalue weighted by molar-refractivity contribution is -0.141. The lowest BCUT2D eigenvalue weighted by atomic mass is 10.2. The van der Waals surface area contributed by atoms with E-state index < -0.39 is 17.6 Å². The van der Waals surface area contributed by atoms with Crippen molar-refractivity contribution in [3.63, 3.8) is 0 Å². The quantitative estimate of drug-likeness (QED) is 0.369. The summed E-state index contributed by atoms with van der Waals surface area (Å²) in [6, 6.07) is 8.57. The van der Waals surface area contributed by atoms with Crippen LogP contribution in [0.5, 0.6) is 0 Å². The van der Waals surface area contributed by atoms with Gasteiger partial charge in [0.1, 0.15) is 6.04 Å². The molecule has 0 aliphatic heterocycles. The Kier molecular flexibility index (Phi) is 11.1. The maximum atomic E-state index is 13.6. The molecule has 1 rings (SSSR count). The van der Waals surface area contributed by atoms with Gasteiger partial charge in [0, 0.05) is 16.3 Å². The highest BCUT2D eigenvalue weighted by atomic mass is 33.1. The Labute approximate surface area is 180 Å². The molecule has 0 spiro atoms. The molecular weight excluding hydrogens is 433 g/mol. The number of rotatable bonds is 11. The van der Waals surface area contributed by atoms with Crippen LogP contribution in [0.1, 0.15) is 46.6 Å². The number of carbonyl (C=O) groups excluding carboxylic acids is 1. The summed E-state index contributed by atoms with van der Waals surface area (Å²) in [5.41, 5.74) is -1.90. The summed E-state index contributed by atoms with van der Waals surface area (Å²) in [4.78, 5) is 26.0. The van der Waals surface area contributed by atoms with E-state index >= 15 is 0 Å². The number of hydrogen-bond acceptors (Lipinski definition) is 6. The molecule has 28 heavy (non-hydrogen) atoms. The average Bonchev–Trinajstić information content (AvgIpc) is 2.58. The second-order valence-corrected chi connectivity index (χ2v) is 17.1. The molecule has 5 nitrogen and oxygen atoms in total. The van der Waals surface area contributed by atoms with Crippen LogP contribution in [-0.4, -0.2) is 44.0 Å². The van der Waals surface area contributed by atoms with Gasteiger partial charge in [-0.15, -0.1) is 0 Å². The predicted molar refractivity (Wildman–Crippen MR) is 125 cm³/mol. The van der Waals surface area contributed by atoms with Gasteiger partial charge in [0.2, 0.25) is 5.55 Å². The number of thioether (sulfide) groups is 1. The molecule has 0 aliphatic rings. The highest BCUT2D eigenvalue weighted by Crippen LogP contribution is 2.71. The van der Waals surface area contributed by atoms with Gasteiger partial charge >= 0.3 is 5.97 Å². The fourth-order valence-electron chi connectivity index (χ4n) is 2.53. The summed E-state index contributed by atoms with van der Waals surface area (Å²) in [5.74, 6) is -0.614. The van der Waals surface area contributed by atoms with E-state index in [1.807, 2.05) is 58.0 Å². The fraction of sp³-hybridized carbons (Fsp3) is 0.579. The number of carbonyl (C=O) groups is 2. The first-order valence-electron chi connectivity index (χ1n) is 9.24. The predicted octanol–water partition coefficient (Wildman–Crippen LogP) is 6.64. The van der Waals surface area contributed by atoms with Gasteiger partial charge < -0.3 is 10.0 Å². The highest BCUT2D eigenvalue weighted by Gasteiger charge is 2.37. The zero-order chi connectivity index (χ0) is 21.3. The topological polar surface area (TPSA) is 74.7 Å². The molecule has 1 aromatic rings. The first kappa shape index (κ1) is 25.5. The zero-order valence-corrected chi connectivity index (χ0v) is 20.4. The van der Waals surface area contributed by atoms with Crippen molar-refractivity contribution in [2.45, 2.75) is 63.3 Å². The molecule has 1 unspecified atom stereocenters. The Morgan fingerprint density at radius 1 is 1.07 bits per heavy atom. The SMILES string of the molecule is CCC(C(=O)O)N(CP(=O)(SC(C)C)SC(C)C)C(=O)SCc1ccccc1. The van der Waals surface area contributed by atoms with Gasteiger partial charge in [-0.2, -0.15) is 0 Å². The molecule has 0 aliphatic carbocycles. The summed E-state index contributed by atoms with van der Waals surface area (Å²) in [5, 5.41) is 9.53. The molecular formula is C19H30NO4PS3. The third kappa shape index (κ3) is 8.85. The number of aliphatic carboxylic acids is 1. The van der Waals surface area contributed by atoms with Crippen LogP contribution in [0.3, 0.4) is 0 Å². The molecule has 1 N–H and O–H groups in total. The molecule has 0 radical (unpaired) electrons. The third-order valence-electron chi connectivity index (χ3n) is 3.56. The summed E-state index contributed by atoms with van der Waals surface area (Å²) in [7, 11) is 0. The molecule has 1 atom stereocenters. The van der Waals surface area contributed by atoms with Crippen LogP contribution in [0, 0.1) is 0 Å². The van der Waals surface area contributed by atoms with E-state index in [4.69, 9.17) is 0 Å². The maximum Gasteiger partial charge on any atom is 0.326 e. The van der Waals surface area contributed by atoms with Crippen molar-refractivity contribution in [1.82, 2.24) is 4.90 Å².